The van der Waals surface area contributed by atoms with Gasteiger partial charge in [-0.2, -0.15) is 0 Å². The maximum Gasteiger partial charge on any atom is 0.335 e. The Hall–Kier alpha value is -3.35. The molecule has 2 aromatic rings. The molecule has 0 unspecified atom stereocenters. The van der Waals surface area contributed by atoms with Gasteiger partial charge in [0.2, 0.25) is 0 Å². The summed E-state index contributed by atoms with van der Waals surface area (Å²) in [6.07, 6.45) is 0.981. The highest BCUT2D eigenvalue weighted by molar-refractivity contribution is 5.87. The second kappa shape index (κ2) is 8.77. The molecule has 7 heteroatoms. The maximum atomic E-state index is 12.6. The van der Waals surface area contributed by atoms with Gasteiger partial charge in [0.25, 0.3) is 0 Å². The van der Waals surface area contributed by atoms with E-state index in [1.54, 1.807) is 17.0 Å². The fourth-order valence-electron chi connectivity index (χ4n) is 3.71. The topological polar surface area (TPSA) is 95.9 Å². The number of carboxylic acids is 1. The number of urea groups is 1. The normalized spacial score (nSPS) is 15.4. The Morgan fingerprint density at radius 3 is 2.21 bits per heavy atom. The van der Waals surface area contributed by atoms with Crippen LogP contribution < -0.4 is 5.32 Å². The van der Waals surface area contributed by atoms with E-state index in [0.717, 1.165) is 11.1 Å². The van der Waals surface area contributed by atoms with Crippen molar-refractivity contribution in [3.63, 3.8) is 0 Å². The van der Waals surface area contributed by atoms with Gasteiger partial charge in [-0.15, -0.1) is 0 Å². The Kier molecular flexibility index (Phi) is 6.16. The van der Waals surface area contributed by atoms with Crippen LogP contribution in [0.4, 0.5) is 4.79 Å². The number of rotatable bonds is 5. The largest absolute Gasteiger partial charge is 0.478 e. The number of hydrogen-bond donors (Lipinski definition) is 2. The van der Waals surface area contributed by atoms with Gasteiger partial charge in [0.1, 0.15) is 0 Å². The number of hydrogen-bond acceptors (Lipinski definition) is 4. The quantitative estimate of drug-likeness (QED) is 0.758. The number of esters is 1. The summed E-state index contributed by atoms with van der Waals surface area (Å²) in [7, 11) is 1.39. The zero-order valence-electron chi connectivity index (χ0n) is 16.3. The average Bonchev–Trinajstić information content (AvgIpc) is 2.77. The van der Waals surface area contributed by atoms with Crippen LogP contribution in [0.1, 0.15) is 34.3 Å². The van der Waals surface area contributed by atoms with Crippen LogP contribution in [0.5, 0.6) is 0 Å². The summed E-state index contributed by atoms with van der Waals surface area (Å²) in [5.74, 6) is -1.26. The Labute approximate surface area is 169 Å². The Bertz CT molecular complexity index is 872. The number of aromatic carboxylic acids is 1. The van der Waals surface area contributed by atoms with Crippen LogP contribution in [0.2, 0.25) is 0 Å². The predicted molar refractivity (Wildman–Crippen MR) is 107 cm³/mol. The molecule has 0 saturated carbocycles. The van der Waals surface area contributed by atoms with Crippen molar-refractivity contribution in [2.75, 3.05) is 20.2 Å². The van der Waals surface area contributed by atoms with Gasteiger partial charge in [0.05, 0.1) is 18.1 Å². The van der Waals surface area contributed by atoms with E-state index in [2.05, 4.69) is 5.32 Å². The monoisotopic (exact) mass is 396 g/mol. The number of carbonyl (C=O) groups is 3. The van der Waals surface area contributed by atoms with Crippen molar-refractivity contribution >= 4 is 18.0 Å². The second-order valence-electron chi connectivity index (χ2n) is 7.09. The number of methoxy groups -OCH3 is 1. The summed E-state index contributed by atoms with van der Waals surface area (Å²) in [5.41, 5.74) is 1.19. The summed E-state index contributed by atoms with van der Waals surface area (Å²) < 4.78 is 5.08. The molecule has 1 aliphatic heterocycles. The number of likely N-dealkylation sites (tertiary alicyclic amines) is 1. The minimum atomic E-state index is -0.985. The second-order valence-corrected chi connectivity index (χ2v) is 7.09. The first-order valence-corrected chi connectivity index (χ1v) is 9.45. The number of nitrogens with one attached hydrogen (secondary N) is 1. The van der Waals surface area contributed by atoms with Crippen LogP contribution in [0.3, 0.4) is 0 Å². The highest BCUT2D eigenvalue weighted by Gasteiger charge is 2.44. The van der Waals surface area contributed by atoms with Gasteiger partial charge in [0.15, 0.2) is 0 Å². The average molecular weight is 396 g/mol. The van der Waals surface area contributed by atoms with Crippen molar-refractivity contribution in [2.45, 2.75) is 24.8 Å². The van der Waals surface area contributed by atoms with Crippen molar-refractivity contribution < 1.29 is 24.2 Å². The van der Waals surface area contributed by atoms with Gasteiger partial charge >= 0.3 is 18.0 Å². The van der Waals surface area contributed by atoms with Crippen LogP contribution >= 0.6 is 0 Å². The molecule has 1 aliphatic rings. The van der Waals surface area contributed by atoms with Crippen molar-refractivity contribution in [2.24, 2.45) is 0 Å². The lowest BCUT2D eigenvalue weighted by molar-refractivity contribution is -0.149. The molecule has 0 aromatic heterocycles. The molecular formula is C22H24N2O5. The first-order chi connectivity index (χ1) is 14.0. The van der Waals surface area contributed by atoms with E-state index in [0.29, 0.717) is 32.5 Å². The van der Waals surface area contributed by atoms with E-state index < -0.39 is 11.4 Å². The van der Waals surface area contributed by atoms with E-state index in [1.165, 1.54) is 19.2 Å². The molecule has 3 rings (SSSR count). The number of ether oxygens (including phenoxy) is 1. The van der Waals surface area contributed by atoms with Crippen LogP contribution in [0, 0.1) is 0 Å². The molecule has 2 N–H and O–H groups in total. The maximum absolute atomic E-state index is 12.6. The molecule has 1 heterocycles. The Balaban J connectivity index is 1.60. The third kappa shape index (κ3) is 4.39. The van der Waals surface area contributed by atoms with E-state index >= 15 is 0 Å². The highest BCUT2D eigenvalue weighted by Crippen LogP contribution is 2.36. The molecule has 2 aromatic carbocycles. The fraction of sp³-hybridized carbons (Fsp3) is 0.318. The summed E-state index contributed by atoms with van der Waals surface area (Å²) in [6.45, 7) is 1.18. The van der Waals surface area contributed by atoms with Gasteiger partial charge < -0.3 is 20.1 Å². The SMILES string of the molecule is COC(=O)C1(c2ccccc2)CCN(C(=O)NCc2ccc(C(=O)O)cc2)CC1. The molecule has 7 nitrogen and oxygen atoms in total. The summed E-state index contributed by atoms with van der Waals surface area (Å²) >= 11 is 0. The van der Waals surface area contributed by atoms with E-state index in [1.807, 2.05) is 30.3 Å². The molecule has 0 radical (unpaired) electrons. The Morgan fingerprint density at radius 2 is 1.66 bits per heavy atom. The molecular weight excluding hydrogens is 372 g/mol. The van der Waals surface area contributed by atoms with Crippen molar-refractivity contribution in [1.29, 1.82) is 0 Å². The number of carboxylic acid groups (broad SMARTS) is 1. The molecule has 29 heavy (non-hydrogen) atoms. The number of benzene rings is 2. The molecule has 2 amide bonds. The molecule has 0 spiro atoms. The summed E-state index contributed by atoms with van der Waals surface area (Å²) in [5, 5.41) is 11.8. The number of nitrogens with zero attached hydrogens (tertiary/aromatic N) is 1. The molecule has 0 bridgehead atoms. The van der Waals surface area contributed by atoms with Crippen LogP contribution in [-0.2, 0) is 21.5 Å². The zero-order chi connectivity index (χ0) is 20.9. The van der Waals surface area contributed by atoms with Crippen LogP contribution in [0.15, 0.2) is 54.6 Å². The van der Waals surface area contributed by atoms with Gasteiger partial charge in [-0.05, 0) is 36.1 Å². The highest BCUT2D eigenvalue weighted by atomic mass is 16.5. The standard InChI is InChI=1S/C22H24N2O5/c1-29-20(27)22(18-5-3-2-4-6-18)11-13-24(14-12-22)21(28)23-15-16-7-9-17(10-8-16)19(25)26/h2-10H,11-15H2,1H3,(H,23,28)(H,25,26). The van der Waals surface area contributed by atoms with Crippen LogP contribution in [-0.4, -0.2) is 48.2 Å². The molecule has 1 fully saturated rings. The van der Waals surface area contributed by atoms with Crippen molar-refractivity contribution in [3.05, 3.63) is 71.3 Å². The number of amides is 2. The van der Waals surface area contributed by atoms with Crippen molar-refractivity contribution in [1.82, 2.24) is 10.2 Å². The molecule has 0 atom stereocenters. The first kappa shape index (κ1) is 20.4. The fourth-order valence-corrected chi connectivity index (χ4v) is 3.71. The molecule has 152 valence electrons. The van der Waals surface area contributed by atoms with Crippen molar-refractivity contribution in [3.8, 4) is 0 Å². The lowest BCUT2D eigenvalue weighted by atomic mass is 9.73. The minimum Gasteiger partial charge on any atom is -0.478 e. The summed E-state index contributed by atoms with van der Waals surface area (Å²) in [4.78, 5) is 37.7. The number of carbonyl (C=O) groups excluding carboxylic acids is 2. The lowest BCUT2D eigenvalue weighted by Crippen LogP contribution is -2.51. The predicted octanol–water partition coefficient (Wildman–Crippen LogP) is 2.80. The minimum absolute atomic E-state index is 0.205. The number of piperidine rings is 1. The van der Waals surface area contributed by atoms with E-state index in [-0.39, 0.29) is 17.6 Å². The smallest absolute Gasteiger partial charge is 0.335 e. The van der Waals surface area contributed by atoms with E-state index in [9.17, 15) is 14.4 Å². The Morgan fingerprint density at radius 1 is 1.03 bits per heavy atom. The molecule has 1 saturated heterocycles. The van der Waals surface area contributed by atoms with Gasteiger partial charge in [-0.25, -0.2) is 9.59 Å². The third-order valence-corrected chi connectivity index (χ3v) is 5.45. The van der Waals surface area contributed by atoms with Gasteiger partial charge in [-0.1, -0.05) is 42.5 Å². The van der Waals surface area contributed by atoms with Gasteiger partial charge in [-0.3, -0.25) is 4.79 Å². The molecule has 0 aliphatic carbocycles. The van der Waals surface area contributed by atoms with E-state index in [4.69, 9.17) is 9.84 Å². The van der Waals surface area contributed by atoms with Gasteiger partial charge in [0, 0.05) is 19.6 Å². The summed E-state index contributed by atoms with van der Waals surface area (Å²) in [6, 6.07) is 15.7. The lowest BCUT2D eigenvalue weighted by Gasteiger charge is -2.40. The third-order valence-electron chi connectivity index (χ3n) is 5.45. The first-order valence-electron chi connectivity index (χ1n) is 9.45. The van der Waals surface area contributed by atoms with Crippen LogP contribution in [0.25, 0.3) is 0 Å². The zero-order valence-corrected chi connectivity index (χ0v) is 16.3.